The number of imide groups is 1. The minimum absolute atomic E-state index is 0.348. The van der Waals surface area contributed by atoms with Crippen molar-refractivity contribution in [3.8, 4) is 5.75 Å². The summed E-state index contributed by atoms with van der Waals surface area (Å²) in [5.74, 6) is 0.307. The SMILES string of the molecule is Cc1ccc(COc2ccccc2C=C2SC(=O)NC2=O)cc1. The molecule has 1 saturated heterocycles. The molecule has 1 fully saturated rings. The molecule has 4 nitrogen and oxygen atoms in total. The standard InChI is InChI=1S/C18H15NO3S/c1-12-6-8-13(9-7-12)11-22-15-5-3-2-4-14(15)10-16-17(20)19-18(21)23-16/h2-10H,11H2,1H3,(H,19,20,21). The van der Waals surface area contributed by atoms with Crippen LogP contribution in [0.2, 0.25) is 0 Å². The summed E-state index contributed by atoms with van der Waals surface area (Å²) < 4.78 is 5.86. The van der Waals surface area contributed by atoms with Gasteiger partial charge in [0.05, 0.1) is 4.91 Å². The Hall–Kier alpha value is -2.53. The molecule has 0 unspecified atom stereocenters. The lowest BCUT2D eigenvalue weighted by Crippen LogP contribution is -2.17. The number of ether oxygens (including phenoxy) is 1. The van der Waals surface area contributed by atoms with Crippen LogP contribution in [-0.2, 0) is 11.4 Å². The zero-order valence-electron chi connectivity index (χ0n) is 12.5. The van der Waals surface area contributed by atoms with Crippen LogP contribution in [0.3, 0.4) is 0 Å². The highest BCUT2D eigenvalue weighted by atomic mass is 32.2. The molecule has 1 aliphatic rings. The second-order valence-corrected chi connectivity index (χ2v) is 6.18. The van der Waals surface area contributed by atoms with Gasteiger partial charge in [-0.1, -0.05) is 48.0 Å². The maximum absolute atomic E-state index is 11.6. The maximum atomic E-state index is 11.6. The van der Waals surface area contributed by atoms with Crippen LogP contribution in [0.15, 0.2) is 53.4 Å². The van der Waals surface area contributed by atoms with Gasteiger partial charge in [0.25, 0.3) is 11.1 Å². The van der Waals surface area contributed by atoms with Crippen LogP contribution >= 0.6 is 11.8 Å². The second kappa shape index (κ2) is 6.71. The zero-order valence-corrected chi connectivity index (χ0v) is 13.4. The van der Waals surface area contributed by atoms with Crippen molar-refractivity contribution in [2.45, 2.75) is 13.5 Å². The molecule has 0 bridgehead atoms. The summed E-state index contributed by atoms with van der Waals surface area (Å²) in [7, 11) is 0. The molecule has 0 radical (unpaired) electrons. The third-order valence-electron chi connectivity index (χ3n) is 3.36. The molecule has 0 atom stereocenters. The third-order valence-corrected chi connectivity index (χ3v) is 4.17. The Morgan fingerprint density at radius 1 is 1.09 bits per heavy atom. The van der Waals surface area contributed by atoms with Gasteiger partial charge in [-0.3, -0.25) is 14.9 Å². The van der Waals surface area contributed by atoms with Crippen molar-refractivity contribution in [1.82, 2.24) is 5.32 Å². The minimum Gasteiger partial charge on any atom is -0.488 e. The Kier molecular flexibility index (Phi) is 4.48. The van der Waals surface area contributed by atoms with Crippen molar-refractivity contribution in [3.63, 3.8) is 0 Å². The van der Waals surface area contributed by atoms with Crippen molar-refractivity contribution in [2.75, 3.05) is 0 Å². The second-order valence-electron chi connectivity index (χ2n) is 5.16. The number of para-hydroxylation sites is 1. The molecule has 0 aliphatic carbocycles. The number of amides is 2. The molecule has 1 aliphatic heterocycles. The normalized spacial score (nSPS) is 15.8. The van der Waals surface area contributed by atoms with Crippen LogP contribution in [0.1, 0.15) is 16.7 Å². The van der Waals surface area contributed by atoms with Crippen LogP contribution in [0.25, 0.3) is 6.08 Å². The molecule has 5 heteroatoms. The number of nitrogens with one attached hydrogen (secondary N) is 1. The molecule has 1 N–H and O–H groups in total. The van der Waals surface area contributed by atoms with Crippen molar-refractivity contribution in [3.05, 3.63) is 70.1 Å². The van der Waals surface area contributed by atoms with Gasteiger partial charge in [0, 0.05) is 5.56 Å². The molecule has 0 spiro atoms. The summed E-state index contributed by atoms with van der Waals surface area (Å²) in [6.07, 6.45) is 1.68. The van der Waals surface area contributed by atoms with Gasteiger partial charge in [-0.15, -0.1) is 0 Å². The van der Waals surface area contributed by atoms with Gasteiger partial charge in [-0.2, -0.15) is 0 Å². The summed E-state index contributed by atoms with van der Waals surface area (Å²) in [4.78, 5) is 23.3. The van der Waals surface area contributed by atoms with E-state index in [1.807, 2.05) is 55.5 Å². The van der Waals surface area contributed by atoms with Crippen molar-refractivity contribution in [1.29, 1.82) is 0 Å². The Morgan fingerprint density at radius 2 is 1.83 bits per heavy atom. The number of thioether (sulfide) groups is 1. The molecule has 3 rings (SSSR count). The Morgan fingerprint density at radius 3 is 2.52 bits per heavy atom. The predicted octanol–water partition coefficient (Wildman–Crippen LogP) is 3.90. The molecule has 116 valence electrons. The number of rotatable bonds is 4. The van der Waals surface area contributed by atoms with Gasteiger partial charge in [0.2, 0.25) is 0 Å². The van der Waals surface area contributed by atoms with E-state index in [0.29, 0.717) is 17.3 Å². The fourth-order valence-corrected chi connectivity index (χ4v) is 2.81. The predicted molar refractivity (Wildman–Crippen MR) is 91.1 cm³/mol. The third kappa shape index (κ3) is 3.81. The smallest absolute Gasteiger partial charge is 0.290 e. The van der Waals surface area contributed by atoms with E-state index in [0.717, 1.165) is 22.9 Å². The van der Waals surface area contributed by atoms with Crippen molar-refractivity contribution < 1.29 is 14.3 Å². The summed E-state index contributed by atoms with van der Waals surface area (Å²) in [5, 5.41) is 1.90. The van der Waals surface area contributed by atoms with Crippen molar-refractivity contribution >= 4 is 29.0 Å². The molecular formula is C18H15NO3S. The van der Waals surface area contributed by atoms with Gasteiger partial charge >= 0.3 is 0 Å². The van der Waals surface area contributed by atoms with Gasteiger partial charge in [0.1, 0.15) is 12.4 Å². The van der Waals surface area contributed by atoms with Crippen LogP contribution < -0.4 is 10.1 Å². The molecule has 2 aromatic rings. The molecule has 0 aromatic heterocycles. The fourth-order valence-electron chi connectivity index (χ4n) is 2.14. The van der Waals surface area contributed by atoms with Crippen LogP contribution in [0.5, 0.6) is 5.75 Å². The van der Waals surface area contributed by atoms with E-state index in [-0.39, 0.29) is 11.1 Å². The molecule has 1 heterocycles. The Labute approximate surface area is 138 Å². The number of carbonyl (C=O) groups excluding carboxylic acids is 2. The summed E-state index contributed by atoms with van der Waals surface area (Å²) in [5.41, 5.74) is 3.04. The van der Waals surface area contributed by atoms with Crippen molar-refractivity contribution in [2.24, 2.45) is 0 Å². The summed E-state index contributed by atoms with van der Waals surface area (Å²) in [6, 6.07) is 15.6. The quantitative estimate of drug-likeness (QED) is 0.866. The van der Waals surface area contributed by atoms with Gasteiger partial charge < -0.3 is 4.74 Å². The topological polar surface area (TPSA) is 55.4 Å². The molecule has 2 aromatic carbocycles. The number of benzene rings is 2. The number of hydrogen-bond acceptors (Lipinski definition) is 4. The lowest BCUT2D eigenvalue weighted by atomic mass is 10.1. The van der Waals surface area contributed by atoms with Gasteiger partial charge in [-0.05, 0) is 36.4 Å². The zero-order chi connectivity index (χ0) is 16.2. The largest absolute Gasteiger partial charge is 0.488 e. The van der Waals surface area contributed by atoms with E-state index in [9.17, 15) is 9.59 Å². The van der Waals surface area contributed by atoms with Gasteiger partial charge in [0.15, 0.2) is 0 Å². The number of aryl methyl sites for hydroxylation is 1. The van der Waals surface area contributed by atoms with Gasteiger partial charge in [-0.25, -0.2) is 0 Å². The monoisotopic (exact) mass is 325 g/mol. The van der Waals surface area contributed by atoms with Crippen LogP contribution in [0.4, 0.5) is 4.79 Å². The molecule has 23 heavy (non-hydrogen) atoms. The van der Waals surface area contributed by atoms with E-state index >= 15 is 0 Å². The Balaban J connectivity index is 1.78. The highest BCUT2D eigenvalue weighted by molar-refractivity contribution is 8.18. The molecule has 0 saturated carbocycles. The van der Waals surface area contributed by atoms with E-state index < -0.39 is 0 Å². The first-order valence-corrected chi connectivity index (χ1v) is 7.96. The highest BCUT2D eigenvalue weighted by Crippen LogP contribution is 2.29. The lowest BCUT2D eigenvalue weighted by molar-refractivity contribution is -0.115. The van der Waals surface area contributed by atoms with Crippen LogP contribution in [0, 0.1) is 6.92 Å². The van der Waals surface area contributed by atoms with Crippen LogP contribution in [-0.4, -0.2) is 11.1 Å². The van der Waals surface area contributed by atoms with E-state index in [1.165, 1.54) is 5.56 Å². The van der Waals surface area contributed by atoms with E-state index in [4.69, 9.17) is 4.74 Å². The molecular weight excluding hydrogens is 310 g/mol. The first kappa shape index (κ1) is 15.4. The van der Waals surface area contributed by atoms with E-state index in [1.54, 1.807) is 6.08 Å². The molecule has 2 amide bonds. The highest BCUT2D eigenvalue weighted by Gasteiger charge is 2.25. The lowest BCUT2D eigenvalue weighted by Gasteiger charge is -2.09. The Bertz CT molecular complexity index is 781. The maximum Gasteiger partial charge on any atom is 0.290 e. The average Bonchev–Trinajstić information content (AvgIpc) is 2.86. The number of hydrogen-bond donors (Lipinski definition) is 1. The first-order chi connectivity index (χ1) is 11.1. The number of carbonyl (C=O) groups is 2. The fraction of sp³-hybridized carbons (Fsp3) is 0.111. The first-order valence-electron chi connectivity index (χ1n) is 7.14. The summed E-state index contributed by atoms with van der Waals surface area (Å²) in [6.45, 7) is 2.48. The minimum atomic E-state index is -0.367. The van der Waals surface area contributed by atoms with E-state index in [2.05, 4.69) is 5.32 Å². The summed E-state index contributed by atoms with van der Waals surface area (Å²) >= 11 is 0.899. The average molecular weight is 325 g/mol.